The lowest BCUT2D eigenvalue weighted by Crippen LogP contribution is -2.28. The average Bonchev–Trinajstić information content (AvgIpc) is 2.36. The van der Waals surface area contributed by atoms with Gasteiger partial charge in [-0.2, -0.15) is 5.10 Å². The van der Waals surface area contributed by atoms with E-state index in [1.54, 1.807) is 6.20 Å². The maximum absolute atomic E-state index is 5.66. The first-order chi connectivity index (χ1) is 7.85. The molecule has 3 N–H and O–H groups in total. The molecule has 0 aliphatic carbocycles. The molecule has 84 valence electrons. The summed E-state index contributed by atoms with van der Waals surface area (Å²) in [6, 6.07) is 8.31. The van der Waals surface area contributed by atoms with E-state index in [0.29, 0.717) is 6.54 Å². The zero-order valence-corrected chi connectivity index (χ0v) is 9.35. The van der Waals surface area contributed by atoms with Crippen LogP contribution in [0.15, 0.2) is 30.5 Å². The van der Waals surface area contributed by atoms with Crippen LogP contribution < -0.4 is 11.1 Å². The monoisotopic (exact) mass is 216 g/mol. The quantitative estimate of drug-likeness (QED) is 0.817. The molecule has 2 aromatic rings. The zero-order chi connectivity index (χ0) is 11.4. The lowest BCUT2D eigenvalue weighted by atomic mass is 10.1. The van der Waals surface area contributed by atoms with Gasteiger partial charge in [0, 0.05) is 23.4 Å². The lowest BCUT2D eigenvalue weighted by molar-refractivity contribution is 0.699. The Morgan fingerprint density at radius 1 is 1.38 bits per heavy atom. The highest BCUT2D eigenvalue weighted by Gasteiger charge is 2.07. The molecule has 2 rings (SSSR count). The SMILES string of the molecule is CCC(CN)Nc1nncc2ccccc12. The van der Waals surface area contributed by atoms with Crippen LogP contribution in [0.25, 0.3) is 10.8 Å². The minimum Gasteiger partial charge on any atom is -0.364 e. The van der Waals surface area contributed by atoms with Crippen LogP contribution in [0, 0.1) is 0 Å². The van der Waals surface area contributed by atoms with Crippen LogP contribution in [-0.4, -0.2) is 22.8 Å². The Morgan fingerprint density at radius 3 is 2.94 bits per heavy atom. The van der Waals surface area contributed by atoms with Gasteiger partial charge in [0.1, 0.15) is 0 Å². The van der Waals surface area contributed by atoms with Gasteiger partial charge >= 0.3 is 0 Å². The van der Waals surface area contributed by atoms with E-state index in [1.807, 2.05) is 24.3 Å². The van der Waals surface area contributed by atoms with Crippen LogP contribution in [0.1, 0.15) is 13.3 Å². The number of fused-ring (bicyclic) bond motifs is 1. The highest BCUT2D eigenvalue weighted by atomic mass is 15.2. The van der Waals surface area contributed by atoms with Crippen molar-refractivity contribution in [3.63, 3.8) is 0 Å². The van der Waals surface area contributed by atoms with E-state index in [-0.39, 0.29) is 6.04 Å². The van der Waals surface area contributed by atoms with Gasteiger partial charge in [-0.25, -0.2) is 0 Å². The Balaban J connectivity index is 2.36. The smallest absolute Gasteiger partial charge is 0.156 e. The molecule has 1 aromatic carbocycles. The fourth-order valence-electron chi connectivity index (χ4n) is 1.66. The second-order valence-corrected chi connectivity index (χ2v) is 3.77. The number of hydrogen-bond donors (Lipinski definition) is 2. The summed E-state index contributed by atoms with van der Waals surface area (Å²) in [7, 11) is 0. The third kappa shape index (κ3) is 2.12. The molecule has 4 heteroatoms. The average molecular weight is 216 g/mol. The van der Waals surface area contributed by atoms with Crippen molar-refractivity contribution in [3.8, 4) is 0 Å². The van der Waals surface area contributed by atoms with Crippen molar-refractivity contribution in [2.45, 2.75) is 19.4 Å². The Morgan fingerprint density at radius 2 is 2.19 bits per heavy atom. The van der Waals surface area contributed by atoms with Crippen molar-refractivity contribution in [1.29, 1.82) is 0 Å². The van der Waals surface area contributed by atoms with Gasteiger partial charge in [-0.15, -0.1) is 5.10 Å². The van der Waals surface area contributed by atoms with E-state index in [2.05, 4.69) is 22.4 Å². The fourth-order valence-corrected chi connectivity index (χ4v) is 1.66. The van der Waals surface area contributed by atoms with E-state index < -0.39 is 0 Å². The van der Waals surface area contributed by atoms with Gasteiger partial charge in [0.15, 0.2) is 5.82 Å². The van der Waals surface area contributed by atoms with Gasteiger partial charge in [-0.3, -0.25) is 0 Å². The first kappa shape index (κ1) is 10.8. The molecule has 0 saturated heterocycles. The van der Waals surface area contributed by atoms with E-state index >= 15 is 0 Å². The molecule has 0 saturated carbocycles. The van der Waals surface area contributed by atoms with E-state index in [9.17, 15) is 0 Å². The van der Waals surface area contributed by atoms with Crippen molar-refractivity contribution in [2.24, 2.45) is 5.73 Å². The van der Waals surface area contributed by atoms with E-state index in [0.717, 1.165) is 23.0 Å². The molecular formula is C12H16N4. The zero-order valence-electron chi connectivity index (χ0n) is 9.35. The topological polar surface area (TPSA) is 63.8 Å². The standard InChI is InChI=1S/C12H16N4/c1-2-10(7-13)15-12-11-6-4-3-5-9(11)8-14-16-12/h3-6,8,10H,2,7,13H2,1H3,(H,15,16). The molecule has 0 radical (unpaired) electrons. The minimum absolute atomic E-state index is 0.250. The van der Waals surface area contributed by atoms with Crippen LogP contribution in [0.4, 0.5) is 5.82 Å². The molecular weight excluding hydrogens is 200 g/mol. The lowest BCUT2D eigenvalue weighted by Gasteiger charge is -2.15. The number of nitrogens with two attached hydrogens (primary N) is 1. The van der Waals surface area contributed by atoms with Crippen molar-refractivity contribution in [2.75, 3.05) is 11.9 Å². The van der Waals surface area contributed by atoms with Gasteiger partial charge in [0.2, 0.25) is 0 Å². The highest BCUT2D eigenvalue weighted by Crippen LogP contribution is 2.19. The summed E-state index contributed by atoms with van der Waals surface area (Å²) in [5, 5.41) is 13.6. The minimum atomic E-state index is 0.250. The number of aromatic nitrogens is 2. The summed E-state index contributed by atoms with van der Waals surface area (Å²) in [5.41, 5.74) is 5.66. The number of benzene rings is 1. The summed E-state index contributed by atoms with van der Waals surface area (Å²) in [5.74, 6) is 0.815. The maximum Gasteiger partial charge on any atom is 0.156 e. The van der Waals surface area contributed by atoms with Crippen LogP contribution in [0.5, 0.6) is 0 Å². The van der Waals surface area contributed by atoms with Crippen LogP contribution in [0.3, 0.4) is 0 Å². The van der Waals surface area contributed by atoms with Crippen molar-refractivity contribution < 1.29 is 0 Å². The van der Waals surface area contributed by atoms with E-state index in [1.165, 1.54) is 0 Å². The molecule has 0 spiro atoms. The summed E-state index contributed by atoms with van der Waals surface area (Å²) in [4.78, 5) is 0. The second kappa shape index (κ2) is 4.90. The Hall–Kier alpha value is -1.68. The van der Waals surface area contributed by atoms with Crippen molar-refractivity contribution >= 4 is 16.6 Å². The highest BCUT2D eigenvalue weighted by molar-refractivity contribution is 5.90. The van der Waals surface area contributed by atoms with Crippen molar-refractivity contribution in [1.82, 2.24) is 10.2 Å². The van der Waals surface area contributed by atoms with Gasteiger partial charge in [0.25, 0.3) is 0 Å². The Bertz CT molecular complexity index is 460. The molecule has 4 nitrogen and oxygen atoms in total. The summed E-state index contributed by atoms with van der Waals surface area (Å²) >= 11 is 0. The third-order valence-corrected chi connectivity index (χ3v) is 2.69. The molecule has 1 atom stereocenters. The van der Waals surface area contributed by atoms with E-state index in [4.69, 9.17) is 5.73 Å². The van der Waals surface area contributed by atoms with Gasteiger partial charge in [-0.05, 0) is 6.42 Å². The molecule has 1 aromatic heterocycles. The van der Waals surface area contributed by atoms with Gasteiger partial charge in [-0.1, -0.05) is 31.2 Å². The number of anilines is 1. The molecule has 0 bridgehead atoms. The van der Waals surface area contributed by atoms with Crippen molar-refractivity contribution in [3.05, 3.63) is 30.5 Å². The first-order valence-electron chi connectivity index (χ1n) is 5.52. The van der Waals surface area contributed by atoms with Crippen LogP contribution in [-0.2, 0) is 0 Å². The molecule has 0 aliphatic heterocycles. The second-order valence-electron chi connectivity index (χ2n) is 3.77. The number of hydrogen-bond acceptors (Lipinski definition) is 4. The molecule has 1 unspecified atom stereocenters. The van der Waals surface area contributed by atoms with Crippen LogP contribution >= 0.6 is 0 Å². The Kier molecular flexibility index (Phi) is 3.31. The molecule has 1 heterocycles. The van der Waals surface area contributed by atoms with Crippen LogP contribution in [0.2, 0.25) is 0 Å². The predicted octanol–water partition coefficient (Wildman–Crippen LogP) is 1.78. The van der Waals surface area contributed by atoms with Gasteiger partial charge < -0.3 is 11.1 Å². The molecule has 0 amide bonds. The first-order valence-corrected chi connectivity index (χ1v) is 5.52. The number of rotatable bonds is 4. The number of nitrogens with zero attached hydrogens (tertiary/aromatic N) is 2. The predicted molar refractivity (Wildman–Crippen MR) is 66.3 cm³/mol. The summed E-state index contributed by atoms with van der Waals surface area (Å²) in [6.45, 7) is 2.70. The molecule has 16 heavy (non-hydrogen) atoms. The third-order valence-electron chi connectivity index (χ3n) is 2.69. The maximum atomic E-state index is 5.66. The molecule has 0 fully saturated rings. The summed E-state index contributed by atoms with van der Waals surface area (Å²) in [6.07, 6.45) is 2.74. The Labute approximate surface area is 94.9 Å². The summed E-state index contributed by atoms with van der Waals surface area (Å²) < 4.78 is 0. The fraction of sp³-hybridized carbons (Fsp3) is 0.333. The molecule has 0 aliphatic rings. The number of nitrogens with one attached hydrogen (secondary N) is 1. The largest absolute Gasteiger partial charge is 0.364 e. The normalized spacial score (nSPS) is 12.6. The van der Waals surface area contributed by atoms with Gasteiger partial charge in [0.05, 0.1) is 6.20 Å².